The Balaban J connectivity index is 0.000000360. The van der Waals surface area contributed by atoms with Gasteiger partial charge in [0.25, 0.3) is 0 Å². The van der Waals surface area contributed by atoms with E-state index in [0.29, 0.717) is 46.2 Å². The second-order valence-corrected chi connectivity index (χ2v) is 8.10. The lowest BCUT2D eigenvalue weighted by atomic mass is 10.0. The number of aliphatic hydroxyl groups excluding tert-OH is 1. The zero-order valence-corrected chi connectivity index (χ0v) is 22.0. The molecule has 0 heterocycles. The van der Waals surface area contributed by atoms with Gasteiger partial charge in [-0.15, -0.1) is 0 Å². The summed E-state index contributed by atoms with van der Waals surface area (Å²) in [6.07, 6.45) is 2.52. The Bertz CT molecular complexity index is 795. The van der Waals surface area contributed by atoms with E-state index in [9.17, 15) is 9.59 Å². The minimum atomic E-state index is 0.0337. The summed E-state index contributed by atoms with van der Waals surface area (Å²) in [4.78, 5) is 22.8. The maximum Gasteiger partial charge on any atom is 0.160 e. The molecule has 0 radical (unpaired) electrons. The number of rotatable bonds is 18. The summed E-state index contributed by atoms with van der Waals surface area (Å²) < 4.78 is 21.3. The molecular weight excluding hydrogens is 460 g/mol. The number of ketones is 2. The van der Waals surface area contributed by atoms with Gasteiger partial charge in [0.15, 0.2) is 11.6 Å². The van der Waals surface area contributed by atoms with Crippen molar-refractivity contribution >= 4 is 11.6 Å². The summed E-state index contributed by atoms with van der Waals surface area (Å²) >= 11 is 0. The lowest BCUT2D eigenvalue weighted by molar-refractivity contribution is 0.0340. The van der Waals surface area contributed by atoms with Crippen molar-refractivity contribution in [1.82, 2.24) is 0 Å². The number of hydrogen-bond donors (Lipinski definition) is 1. The largest absolute Gasteiger partial charge is 0.394 e. The summed E-state index contributed by atoms with van der Waals surface area (Å²) in [6, 6.07) is 15.3. The molecule has 0 unspecified atom stereocenters. The van der Waals surface area contributed by atoms with Gasteiger partial charge in [-0.3, -0.25) is 9.59 Å². The third-order valence-electron chi connectivity index (χ3n) is 5.15. The van der Waals surface area contributed by atoms with Gasteiger partial charge in [0.2, 0.25) is 0 Å². The van der Waals surface area contributed by atoms with Crippen molar-refractivity contribution in [2.75, 3.05) is 59.5 Å². The molecule has 7 nitrogen and oxygen atoms in total. The number of Topliss-reactive ketones (excluding diaryl/α,β-unsaturated/α-hetero) is 2. The van der Waals surface area contributed by atoms with Crippen LogP contribution in [0.5, 0.6) is 0 Å². The van der Waals surface area contributed by atoms with Gasteiger partial charge in [-0.1, -0.05) is 55.5 Å². The Morgan fingerprint density at radius 2 is 1.00 bits per heavy atom. The molecule has 2 aromatic carbocycles. The van der Waals surface area contributed by atoms with Gasteiger partial charge < -0.3 is 24.1 Å². The molecule has 2 aromatic rings. The quantitative estimate of drug-likeness (QED) is 0.240. The Kier molecular flexibility index (Phi) is 18.2. The van der Waals surface area contributed by atoms with Crippen molar-refractivity contribution < 1.29 is 33.6 Å². The lowest BCUT2D eigenvalue weighted by Crippen LogP contribution is -2.10. The maximum absolute atomic E-state index is 11.4. The molecule has 200 valence electrons. The molecule has 2 rings (SSSR count). The number of hydrogen-bond acceptors (Lipinski definition) is 7. The highest BCUT2D eigenvalue weighted by molar-refractivity contribution is 5.96. The Morgan fingerprint density at radius 3 is 1.39 bits per heavy atom. The molecule has 0 spiro atoms. The van der Waals surface area contributed by atoms with Crippen molar-refractivity contribution in [3.8, 4) is 0 Å². The van der Waals surface area contributed by atoms with E-state index in [1.54, 1.807) is 13.8 Å². The third kappa shape index (κ3) is 14.2. The maximum atomic E-state index is 11.4. The molecule has 0 bridgehead atoms. The highest BCUT2D eigenvalue weighted by atomic mass is 16.5. The molecule has 0 amide bonds. The molecular formula is C29H42O7. The fraction of sp³-hybridized carbons (Fsp3) is 0.517. The first-order chi connectivity index (χ1) is 17.5. The molecule has 0 aliphatic carbocycles. The first kappa shape index (κ1) is 31.6. The number of carbonyl (C=O) groups is 2. The van der Waals surface area contributed by atoms with E-state index in [2.05, 4.69) is 6.92 Å². The Hall–Kier alpha value is -2.42. The molecule has 0 atom stereocenters. The highest BCUT2D eigenvalue weighted by Gasteiger charge is 2.06. The first-order valence-electron chi connectivity index (χ1n) is 12.6. The summed E-state index contributed by atoms with van der Waals surface area (Å²) in [7, 11) is 0. The van der Waals surface area contributed by atoms with E-state index in [0.717, 1.165) is 48.1 Å². The van der Waals surface area contributed by atoms with Gasteiger partial charge in [0, 0.05) is 17.7 Å². The highest BCUT2D eigenvalue weighted by Crippen LogP contribution is 2.11. The van der Waals surface area contributed by atoms with Crippen LogP contribution in [-0.4, -0.2) is 76.1 Å². The zero-order valence-electron chi connectivity index (χ0n) is 22.0. The van der Waals surface area contributed by atoms with E-state index < -0.39 is 0 Å². The monoisotopic (exact) mass is 502 g/mol. The fourth-order valence-electron chi connectivity index (χ4n) is 3.38. The molecule has 0 saturated carbocycles. The van der Waals surface area contributed by atoms with Gasteiger partial charge in [0.1, 0.15) is 0 Å². The SMILES string of the molecule is CC(=O)c1ccccc1CCOCCOCCO.CCCOCCOCCc1ccccc1C(C)=O. The van der Waals surface area contributed by atoms with Crippen molar-refractivity contribution in [2.24, 2.45) is 0 Å². The van der Waals surface area contributed by atoms with Crippen LogP contribution in [0.3, 0.4) is 0 Å². The molecule has 0 aliphatic rings. The van der Waals surface area contributed by atoms with Crippen LogP contribution in [0.2, 0.25) is 0 Å². The Morgan fingerprint density at radius 1 is 0.611 bits per heavy atom. The predicted octanol–water partition coefficient (Wildman–Crippen LogP) is 4.33. The first-order valence-corrected chi connectivity index (χ1v) is 12.6. The molecule has 0 aromatic heterocycles. The normalized spacial score (nSPS) is 10.6. The van der Waals surface area contributed by atoms with E-state index in [-0.39, 0.29) is 18.2 Å². The average Bonchev–Trinajstić information content (AvgIpc) is 2.88. The molecule has 36 heavy (non-hydrogen) atoms. The third-order valence-corrected chi connectivity index (χ3v) is 5.15. The number of carbonyl (C=O) groups excluding carboxylic acids is 2. The van der Waals surface area contributed by atoms with Gasteiger partial charge in [-0.25, -0.2) is 0 Å². The summed E-state index contributed by atoms with van der Waals surface area (Å²) in [5, 5.41) is 8.50. The van der Waals surface area contributed by atoms with Crippen molar-refractivity contribution in [3.63, 3.8) is 0 Å². The molecule has 0 aliphatic heterocycles. The van der Waals surface area contributed by atoms with Gasteiger partial charge in [-0.05, 0) is 44.2 Å². The zero-order chi connectivity index (χ0) is 26.4. The molecule has 7 heteroatoms. The summed E-state index contributed by atoms with van der Waals surface area (Å²) in [5.74, 6) is 0.189. The van der Waals surface area contributed by atoms with Crippen LogP contribution >= 0.6 is 0 Å². The van der Waals surface area contributed by atoms with Crippen LogP contribution in [0.15, 0.2) is 48.5 Å². The van der Waals surface area contributed by atoms with E-state index in [1.165, 1.54) is 0 Å². The van der Waals surface area contributed by atoms with Crippen LogP contribution in [-0.2, 0) is 31.8 Å². The van der Waals surface area contributed by atoms with Gasteiger partial charge in [-0.2, -0.15) is 0 Å². The number of aliphatic hydroxyl groups is 1. The van der Waals surface area contributed by atoms with E-state index in [1.807, 2.05) is 48.5 Å². The second-order valence-electron chi connectivity index (χ2n) is 8.10. The number of ether oxygens (including phenoxy) is 4. The lowest BCUT2D eigenvalue weighted by Gasteiger charge is -2.08. The number of benzene rings is 2. The topological polar surface area (TPSA) is 91.3 Å². The predicted molar refractivity (Wildman–Crippen MR) is 141 cm³/mol. The van der Waals surface area contributed by atoms with Crippen LogP contribution < -0.4 is 0 Å². The molecule has 0 fully saturated rings. The molecule has 0 saturated heterocycles. The molecule has 1 N–H and O–H groups in total. The Labute approximate surface area is 215 Å². The minimum Gasteiger partial charge on any atom is -0.394 e. The fourth-order valence-corrected chi connectivity index (χ4v) is 3.38. The smallest absolute Gasteiger partial charge is 0.160 e. The summed E-state index contributed by atoms with van der Waals surface area (Å²) in [5.41, 5.74) is 3.63. The van der Waals surface area contributed by atoms with Gasteiger partial charge in [0.05, 0.1) is 52.9 Å². The van der Waals surface area contributed by atoms with Crippen molar-refractivity contribution in [1.29, 1.82) is 0 Å². The van der Waals surface area contributed by atoms with Gasteiger partial charge >= 0.3 is 0 Å². The minimum absolute atomic E-state index is 0.0337. The van der Waals surface area contributed by atoms with E-state index >= 15 is 0 Å². The van der Waals surface area contributed by atoms with Crippen LogP contribution in [0.4, 0.5) is 0 Å². The van der Waals surface area contributed by atoms with Crippen LogP contribution in [0.25, 0.3) is 0 Å². The van der Waals surface area contributed by atoms with E-state index in [4.69, 9.17) is 24.1 Å². The standard InChI is InChI=1S/C15H22O3.C14H20O4/c1-3-9-17-11-12-18-10-8-14-6-4-5-7-15(14)13(2)16;1-12(16)14-5-3-2-4-13(14)6-8-17-10-11-18-9-7-15/h4-7H,3,8-12H2,1-2H3;2-5,15H,6-11H2,1H3. The summed E-state index contributed by atoms with van der Waals surface area (Å²) in [6.45, 7) is 9.84. The average molecular weight is 503 g/mol. The van der Waals surface area contributed by atoms with Crippen LogP contribution in [0, 0.1) is 0 Å². The van der Waals surface area contributed by atoms with Crippen LogP contribution in [0.1, 0.15) is 59.0 Å². The van der Waals surface area contributed by atoms with Crippen molar-refractivity contribution in [3.05, 3.63) is 70.8 Å². The van der Waals surface area contributed by atoms with Crippen molar-refractivity contribution in [2.45, 2.75) is 40.0 Å². The second kappa shape index (κ2) is 20.7.